The van der Waals surface area contributed by atoms with Gasteiger partial charge in [-0.05, 0) is 44.4 Å². The largest absolute Gasteiger partial charge is 0.390 e. The Labute approximate surface area is 209 Å². The minimum Gasteiger partial charge on any atom is -0.390 e. The standard InChI is InChI=1S/C25H34FN9O/c1-4-21-29-23-18-16-28-34(22(18)30-24(27)35(23)31-21)14-11-32-9-12-33(13-10-32)20-6-5-17(15-19(20)26)7-8-25(2,3)36/h5-6,15-16,36H,4,7-14H2,1-3H3,(H2,27,30). The van der Waals surface area contributed by atoms with Crippen molar-refractivity contribution in [3.63, 3.8) is 0 Å². The Morgan fingerprint density at radius 2 is 1.86 bits per heavy atom. The highest BCUT2D eigenvalue weighted by Crippen LogP contribution is 2.24. The highest BCUT2D eigenvalue weighted by Gasteiger charge is 2.21. The molecule has 10 nitrogen and oxygen atoms in total. The number of anilines is 2. The zero-order chi connectivity index (χ0) is 25.4. The third kappa shape index (κ3) is 4.98. The number of benzene rings is 1. The van der Waals surface area contributed by atoms with Crippen molar-refractivity contribution < 1.29 is 9.50 Å². The maximum Gasteiger partial charge on any atom is 0.225 e. The average molecular weight is 496 g/mol. The fourth-order valence-corrected chi connectivity index (χ4v) is 4.67. The van der Waals surface area contributed by atoms with Gasteiger partial charge in [0.15, 0.2) is 17.1 Å². The molecule has 0 atom stereocenters. The summed E-state index contributed by atoms with van der Waals surface area (Å²) in [5.41, 5.74) is 8.33. The van der Waals surface area contributed by atoms with Crippen molar-refractivity contribution in [3.8, 4) is 0 Å². The first-order valence-electron chi connectivity index (χ1n) is 12.6. The van der Waals surface area contributed by atoms with E-state index in [1.807, 2.05) is 23.7 Å². The number of hydrogen-bond donors (Lipinski definition) is 2. The number of nitrogen functional groups attached to an aromatic ring is 1. The van der Waals surface area contributed by atoms with Gasteiger partial charge >= 0.3 is 0 Å². The first-order chi connectivity index (χ1) is 17.2. The van der Waals surface area contributed by atoms with Gasteiger partial charge in [0.1, 0.15) is 5.82 Å². The monoisotopic (exact) mass is 495 g/mol. The molecule has 1 aliphatic heterocycles. The molecule has 1 aliphatic rings. The fraction of sp³-hybridized carbons (Fsp3) is 0.520. The fourth-order valence-electron chi connectivity index (χ4n) is 4.67. The Kier molecular flexibility index (Phi) is 6.52. The molecule has 3 N–H and O–H groups in total. The summed E-state index contributed by atoms with van der Waals surface area (Å²) in [6, 6.07) is 5.44. The van der Waals surface area contributed by atoms with Gasteiger partial charge in [0, 0.05) is 39.1 Å². The van der Waals surface area contributed by atoms with E-state index in [1.165, 1.54) is 0 Å². The summed E-state index contributed by atoms with van der Waals surface area (Å²) in [5.74, 6) is 0.824. The molecule has 0 aliphatic carbocycles. The summed E-state index contributed by atoms with van der Waals surface area (Å²) in [5, 5.41) is 19.7. The molecule has 1 aromatic carbocycles. The molecule has 4 heterocycles. The lowest BCUT2D eigenvalue weighted by Crippen LogP contribution is -2.47. The Bertz CT molecular complexity index is 1370. The Morgan fingerprint density at radius 3 is 2.56 bits per heavy atom. The maximum absolute atomic E-state index is 14.8. The molecule has 0 spiro atoms. The molecule has 0 bridgehead atoms. The molecule has 0 amide bonds. The molecule has 192 valence electrons. The molecule has 4 aromatic rings. The second kappa shape index (κ2) is 9.62. The summed E-state index contributed by atoms with van der Waals surface area (Å²) in [6.07, 6.45) is 3.75. The van der Waals surface area contributed by atoms with Crippen LogP contribution in [0.15, 0.2) is 24.4 Å². The van der Waals surface area contributed by atoms with Gasteiger partial charge < -0.3 is 15.7 Å². The second-order valence-corrected chi connectivity index (χ2v) is 10.1. The molecule has 1 fully saturated rings. The summed E-state index contributed by atoms with van der Waals surface area (Å²) < 4.78 is 18.3. The molecular formula is C25H34FN9O. The van der Waals surface area contributed by atoms with Crippen molar-refractivity contribution in [1.29, 1.82) is 0 Å². The lowest BCUT2D eigenvalue weighted by molar-refractivity contribution is 0.0714. The van der Waals surface area contributed by atoms with E-state index in [-0.39, 0.29) is 5.82 Å². The third-order valence-electron chi connectivity index (χ3n) is 6.84. The van der Waals surface area contributed by atoms with Crippen LogP contribution in [-0.4, -0.2) is 77.7 Å². The van der Waals surface area contributed by atoms with Crippen LogP contribution in [0.2, 0.25) is 0 Å². The van der Waals surface area contributed by atoms with E-state index < -0.39 is 5.60 Å². The summed E-state index contributed by atoms with van der Waals surface area (Å²) in [7, 11) is 0. The summed E-state index contributed by atoms with van der Waals surface area (Å²) in [4.78, 5) is 13.6. The van der Waals surface area contributed by atoms with Crippen LogP contribution in [-0.2, 0) is 19.4 Å². The van der Waals surface area contributed by atoms with Crippen molar-refractivity contribution in [2.24, 2.45) is 0 Å². The smallest absolute Gasteiger partial charge is 0.225 e. The van der Waals surface area contributed by atoms with Crippen LogP contribution in [0.25, 0.3) is 16.7 Å². The van der Waals surface area contributed by atoms with Gasteiger partial charge in [0.05, 0.1) is 29.4 Å². The zero-order valence-electron chi connectivity index (χ0n) is 21.2. The minimum atomic E-state index is -0.752. The lowest BCUT2D eigenvalue weighted by Gasteiger charge is -2.36. The van der Waals surface area contributed by atoms with Crippen molar-refractivity contribution in [1.82, 2.24) is 34.3 Å². The number of rotatable bonds is 8. The van der Waals surface area contributed by atoms with E-state index in [9.17, 15) is 9.50 Å². The number of hydrogen-bond acceptors (Lipinski definition) is 8. The average Bonchev–Trinajstić information content (AvgIpc) is 3.46. The number of piperazine rings is 1. The normalized spacial score (nSPS) is 15.4. The first-order valence-corrected chi connectivity index (χ1v) is 12.6. The van der Waals surface area contributed by atoms with Gasteiger partial charge in [-0.1, -0.05) is 13.0 Å². The van der Waals surface area contributed by atoms with Crippen LogP contribution in [0.1, 0.15) is 38.6 Å². The SMILES string of the molecule is CCc1nc2c3cnn(CCN4CCN(c5ccc(CCC(C)(C)O)cc5F)CC4)c3nc(N)n2n1. The Balaban J connectivity index is 1.20. The maximum atomic E-state index is 14.8. The highest BCUT2D eigenvalue weighted by molar-refractivity contribution is 5.89. The van der Waals surface area contributed by atoms with Crippen LogP contribution in [0.4, 0.5) is 16.0 Å². The van der Waals surface area contributed by atoms with Crippen molar-refractivity contribution in [2.45, 2.75) is 52.2 Å². The van der Waals surface area contributed by atoms with Gasteiger partial charge in [-0.2, -0.15) is 14.6 Å². The molecule has 5 rings (SSSR count). The molecule has 11 heteroatoms. The molecule has 0 saturated carbocycles. The number of aryl methyl sites for hydroxylation is 2. The molecule has 1 saturated heterocycles. The number of aliphatic hydroxyl groups is 1. The number of nitrogens with two attached hydrogens (primary N) is 1. The Hall–Kier alpha value is -3.31. The van der Waals surface area contributed by atoms with E-state index >= 15 is 0 Å². The predicted octanol–water partition coefficient (Wildman–Crippen LogP) is 2.28. The van der Waals surface area contributed by atoms with Crippen molar-refractivity contribution in [3.05, 3.63) is 41.6 Å². The lowest BCUT2D eigenvalue weighted by atomic mass is 9.98. The molecule has 0 unspecified atom stereocenters. The van der Waals surface area contributed by atoms with Gasteiger partial charge in [0.25, 0.3) is 0 Å². The van der Waals surface area contributed by atoms with Gasteiger partial charge in [0.2, 0.25) is 5.95 Å². The summed E-state index contributed by atoms with van der Waals surface area (Å²) >= 11 is 0. The zero-order valence-corrected chi connectivity index (χ0v) is 21.2. The number of halogens is 1. The van der Waals surface area contributed by atoms with Crippen LogP contribution in [0, 0.1) is 5.82 Å². The molecular weight excluding hydrogens is 461 g/mol. The third-order valence-corrected chi connectivity index (χ3v) is 6.84. The van der Waals surface area contributed by atoms with E-state index in [4.69, 9.17) is 5.73 Å². The highest BCUT2D eigenvalue weighted by atomic mass is 19.1. The number of nitrogens with zero attached hydrogens (tertiary/aromatic N) is 8. The Morgan fingerprint density at radius 1 is 1.08 bits per heavy atom. The molecule has 0 radical (unpaired) electrons. The van der Waals surface area contributed by atoms with E-state index in [1.54, 1.807) is 30.6 Å². The predicted molar refractivity (Wildman–Crippen MR) is 138 cm³/mol. The van der Waals surface area contributed by atoms with Crippen molar-refractivity contribution >= 4 is 28.3 Å². The quantitative estimate of drug-likeness (QED) is 0.383. The summed E-state index contributed by atoms with van der Waals surface area (Å²) in [6.45, 7) is 10.2. The van der Waals surface area contributed by atoms with Gasteiger partial charge in [-0.25, -0.2) is 14.1 Å². The minimum absolute atomic E-state index is 0.200. The van der Waals surface area contributed by atoms with Crippen LogP contribution in [0.5, 0.6) is 0 Å². The molecule has 36 heavy (non-hydrogen) atoms. The first kappa shape index (κ1) is 24.4. The van der Waals surface area contributed by atoms with E-state index in [2.05, 4.69) is 30.0 Å². The second-order valence-electron chi connectivity index (χ2n) is 10.1. The van der Waals surface area contributed by atoms with Gasteiger partial charge in [-0.3, -0.25) is 4.90 Å². The topological polar surface area (TPSA) is 114 Å². The van der Waals surface area contributed by atoms with Gasteiger partial charge in [-0.15, -0.1) is 5.10 Å². The van der Waals surface area contributed by atoms with Crippen LogP contribution in [0.3, 0.4) is 0 Å². The van der Waals surface area contributed by atoms with E-state index in [0.29, 0.717) is 42.3 Å². The number of fused-ring (bicyclic) bond motifs is 3. The van der Waals surface area contributed by atoms with Crippen LogP contribution < -0.4 is 10.6 Å². The van der Waals surface area contributed by atoms with Crippen molar-refractivity contribution in [2.75, 3.05) is 43.4 Å². The van der Waals surface area contributed by atoms with Crippen LogP contribution >= 0.6 is 0 Å². The number of aromatic nitrogens is 6. The van der Waals surface area contributed by atoms with E-state index in [0.717, 1.165) is 55.9 Å². The molecule has 3 aromatic heterocycles.